The van der Waals surface area contributed by atoms with E-state index in [-0.39, 0.29) is 29.6 Å². The second-order valence-electron chi connectivity index (χ2n) is 16.6. The lowest BCUT2D eigenvalue weighted by Gasteiger charge is -2.37. The highest BCUT2D eigenvalue weighted by atomic mass is 16.8. The van der Waals surface area contributed by atoms with Crippen molar-refractivity contribution in [3.05, 3.63) is 154 Å². The molecule has 0 saturated carbocycles. The van der Waals surface area contributed by atoms with Gasteiger partial charge < -0.3 is 38.6 Å². The van der Waals surface area contributed by atoms with Gasteiger partial charge in [0, 0.05) is 6.92 Å². The first kappa shape index (κ1) is 41.0. The molecule has 9 rings (SSSR count). The number of carbonyl (C=O) groups is 2. The molecule has 0 aliphatic carbocycles. The zero-order chi connectivity index (χ0) is 43.4. The molecule has 3 fully saturated rings. The molecule has 4 aromatic carbocycles. The second-order valence-corrected chi connectivity index (χ2v) is 16.6. The second kappa shape index (κ2) is 15.8. The molecule has 0 bridgehead atoms. The number of hydrogen-bond donors (Lipinski definition) is 2. The monoisotopic (exact) mass is 840 g/mol. The molecule has 320 valence electrons. The van der Waals surface area contributed by atoms with E-state index in [1.807, 2.05) is 115 Å². The number of nitrogens with zero attached hydrogens (tertiary/aromatic N) is 4. The van der Waals surface area contributed by atoms with E-state index in [4.69, 9.17) is 33.4 Å². The number of aromatic amines is 1. The third-order valence-electron chi connectivity index (χ3n) is 11.7. The van der Waals surface area contributed by atoms with E-state index < -0.39 is 65.3 Å². The van der Waals surface area contributed by atoms with Crippen LogP contribution in [0.3, 0.4) is 0 Å². The fourth-order valence-corrected chi connectivity index (χ4v) is 9.17. The Balaban J connectivity index is 1.05. The number of ether oxygens (including phenoxy) is 6. The van der Waals surface area contributed by atoms with Gasteiger partial charge in [-0.05, 0) is 62.1 Å². The number of hydrogen-bond acceptors (Lipinski definition) is 12. The Labute approximate surface area is 357 Å². The van der Waals surface area contributed by atoms with Crippen LogP contribution in [0.25, 0.3) is 11.2 Å². The first-order chi connectivity index (χ1) is 29.8. The van der Waals surface area contributed by atoms with E-state index >= 15 is 0 Å². The number of fused-ring (bicyclic) bond motifs is 2. The number of imidazole rings is 1. The number of nitrogens with one attached hydrogen (secondary N) is 2. The molecule has 4 unspecified atom stereocenters. The van der Waals surface area contributed by atoms with Gasteiger partial charge in [0.1, 0.15) is 41.9 Å². The van der Waals surface area contributed by atoms with Gasteiger partial charge in [0.25, 0.3) is 5.56 Å². The molecule has 2 aromatic heterocycles. The van der Waals surface area contributed by atoms with E-state index in [2.05, 4.69) is 15.3 Å². The zero-order valence-electron chi connectivity index (χ0n) is 35.2. The van der Waals surface area contributed by atoms with Gasteiger partial charge in [-0.25, -0.2) is 9.78 Å². The number of amides is 1. The van der Waals surface area contributed by atoms with Crippen molar-refractivity contribution < 1.29 is 38.0 Å². The number of rotatable bonds is 11. The van der Waals surface area contributed by atoms with Crippen molar-refractivity contribution in [2.75, 3.05) is 19.0 Å². The number of carbonyl (C=O) groups excluding carboxylic acids is 2. The molecule has 5 heterocycles. The molecule has 15 heteroatoms. The summed E-state index contributed by atoms with van der Waals surface area (Å²) in [5.74, 6) is -1.06. The highest BCUT2D eigenvalue weighted by Gasteiger charge is 2.58. The summed E-state index contributed by atoms with van der Waals surface area (Å²) in [5, 5.41) is 3.64. The predicted molar refractivity (Wildman–Crippen MR) is 227 cm³/mol. The Hall–Kier alpha value is -6.39. The third-order valence-corrected chi connectivity index (χ3v) is 11.7. The SMILES string of the molecule is COc1ccc(C(Nc2nc3c(ncn3C3OC(COC(=O)[C@@H]4OC(C)(C)N(C(C)=O)[C@H]4c4ccccc4)C4OC(C)(C)OC43)c(=O)[nH]2)(c2ccccc2)c2ccccc2)cc1. The van der Waals surface area contributed by atoms with Crippen molar-refractivity contribution in [1.82, 2.24) is 24.4 Å². The average molecular weight is 841 g/mol. The normalized spacial score (nSPS) is 23.9. The summed E-state index contributed by atoms with van der Waals surface area (Å²) in [6, 6.07) is 36.1. The molecule has 6 aromatic rings. The predicted octanol–water partition coefficient (Wildman–Crippen LogP) is 6.22. The Morgan fingerprint density at radius 2 is 1.42 bits per heavy atom. The van der Waals surface area contributed by atoms with E-state index in [1.165, 1.54) is 13.3 Å². The standard InChI is InChI=1S/C47H48N6O9/c1-28(54)53-36(29-16-10-7-11-17-29)38(60-45(53,2)3)43(56)58-26-34-37-39(62-46(4,5)61-37)42(59-34)52-27-48-35-40(52)49-44(50-41(35)55)51-47(30-18-12-8-13-19-30,31-20-14-9-15-21-31)32-22-24-33(57-6)25-23-32/h7-25,27,34,36-39,42H,26H2,1-6H3,(H2,49,50,51,55)/t34?,36-,37?,38+,39?,42?/m0/s1. The molecule has 3 saturated heterocycles. The van der Waals surface area contributed by atoms with Gasteiger partial charge in [0.15, 0.2) is 29.3 Å². The van der Waals surface area contributed by atoms with Crippen LogP contribution < -0.4 is 15.6 Å². The summed E-state index contributed by atoms with van der Waals surface area (Å²) < 4.78 is 38.8. The Kier molecular flexibility index (Phi) is 10.5. The summed E-state index contributed by atoms with van der Waals surface area (Å²) in [5.41, 5.74) is 1.09. The number of H-pyrrole nitrogens is 1. The fourth-order valence-electron chi connectivity index (χ4n) is 9.17. The van der Waals surface area contributed by atoms with Crippen molar-refractivity contribution in [2.24, 2.45) is 0 Å². The van der Waals surface area contributed by atoms with Gasteiger partial charge in [-0.2, -0.15) is 4.98 Å². The van der Waals surface area contributed by atoms with Crippen LogP contribution in [0.1, 0.15) is 69.1 Å². The van der Waals surface area contributed by atoms with Gasteiger partial charge in [-0.3, -0.25) is 19.1 Å². The maximum absolute atomic E-state index is 14.0. The van der Waals surface area contributed by atoms with Gasteiger partial charge >= 0.3 is 5.97 Å². The van der Waals surface area contributed by atoms with Crippen LogP contribution in [0.4, 0.5) is 5.95 Å². The van der Waals surface area contributed by atoms with Crippen LogP contribution in [0, 0.1) is 0 Å². The third kappa shape index (κ3) is 7.19. The van der Waals surface area contributed by atoms with Gasteiger partial charge in [0.05, 0.1) is 19.5 Å². The number of methoxy groups -OCH3 is 1. The number of aromatic nitrogens is 4. The molecule has 3 aliphatic heterocycles. The Bertz CT molecular complexity index is 2600. The lowest BCUT2D eigenvalue weighted by Crippen LogP contribution is -2.43. The quantitative estimate of drug-likeness (QED) is 0.112. The van der Waals surface area contributed by atoms with E-state index in [9.17, 15) is 14.4 Å². The highest BCUT2D eigenvalue weighted by molar-refractivity contribution is 5.81. The first-order valence-electron chi connectivity index (χ1n) is 20.5. The van der Waals surface area contributed by atoms with Crippen LogP contribution in [-0.2, 0) is 38.8 Å². The van der Waals surface area contributed by atoms with Gasteiger partial charge in [0.2, 0.25) is 11.9 Å². The number of esters is 1. The largest absolute Gasteiger partial charge is 0.497 e. The lowest BCUT2D eigenvalue weighted by atomic mass is 9.77. The summed E-state index contributed by atoms with van der Waals surface area (Å²) >= 11 is 0. The zero-order valence-corrected chi connectivity index (χ0v) is 35.2. The first-order valence-corrected chi connectivity index (χ1v) is 20.5. The number of benzene rings is 4. The summed E-state index contributed by atoms with van der Waals surface area (Å²) in [6.07, 6.45) is -2.71. The summed E-state index contributed by atoms with van der Waals surface area (Å²) in [6.45, 7) is 8.32. The van der Waals surface area contributed by atoms with E-state index in [1.54, 1.807) is 44.3 Å². The van der Waals surface area contributed by atoms with Crippen LogP contribution in [-0.4, -0.2) is 85.9 Å². The van der Waals surface area contributed by atoms with Crippen molar-refractivity contribution in [3.8, 4) is 5.75 Å². The van der Waals surface area contributed by atoms with Crippen LogP contribution >= 0.6 is 0 Å². The Morgan fingerprint density at radius 3 is 2.03 bits per heavy atom. The molecule has 2 N–H and O–H groups in total. The van der Waals surface area contributed by atoms with Crippen molar-refractivity contribution in [1.29, 1.82) is 0 Å². The van der Waals surface area contributed by atoms with Crippen LogP contribution in [0.15, 0.2) is 126 Å². The molecule has 1 amide bonds. The average Bonchev–Trinajstić information content (AvgIpc) is 4.01. The maximum Gasteiger partial charge on any atom is 0.338 e. The molecule has 0 radical (unpaired) electrons. The molecule has 3 aliphatic rings. The summed E-state index contributed by atoms with van der Waals surface area (Å²) in [7, 11) is 1.62. The minimum absolute atomic E-state index is 0.0844. The van der Waals surface area contributed by atoms with Crippen molar-refractivity contribution in [2.45, 2.75) is 88.4 Å². The summed E-state index contributed by atoms with van der Waals surface area (Å²) in [4.78, 5) is 54.8. The molecular weight excluding hydrogens is 793 g/mol. The van der Waals surface area contributed by atoms with Crippen molar-refractivity contribution >= 4 is 29.0 Å². The maximum atomic E-state index is 14.0. The fraction of sp³-hybridized carbons (Fsp3) is 0.340. The molecular formula is C47H48N6O9. The minimum atomic E-state index is -1.11. The lowest BCUT2D eigenvalue weighted by molar-refractivity contribution is -0.203. The van der Waals surface area contributed by atoms with Crippen molar-refractivity contribution in [3.63, 3.8) is 0 Å². The minimum Gasteiger partial charge on any atom is -0.497 e. The molecule has 6 atom stereocenters. The molecule has 0 spiro atoms. The van der Waals surface area contributed by atoms with E-state index in [0.717, 1.165) is 22.3 Å². The molecule has 62 heavy (non-hydrogen) atoms. The van der Waals surface area contributed by atoms with Crippen LogP contribution in [0.2, 0.25) is 0 Å². The smallest absolute Gasteiger partial charge is 0.338 e. The van der Waals surface area contributed by atoms with Gasteiger partial charge in [-0.1, -0.05) is 103 Å². The highest BCUT2D eigenvalue weighted by Crippen LogP contribution is 2.46. The van der Waals surface area contributed by atoms with Gasteiger partial charge in [-0.15, -0.1) is 0 Å². The number of anilines is 1. The topological polar surface area (TPSA) is 168 Å². The molecule has 15 nitrogen and oxygen atoms in total. The Morgan fingerprint density at radius 1 is 0.823 bits per heavy atom. The van der Waals surface area contributed by atoms with E-state index in [0.29, 0.717) is 5.75 Å². The van der Waals surface area contributed by atoms with Crippen LogP contribution in [0.5, 0.6) is 5.75 Å².